The molecule has 0 nitrogen and oxygen atoms in total. The van der Waals surface area contributed by atoms with Crippen molar-refractivity contribution in [2.45, 2.75) is 24.7 Å². The Kier molecular flexibility index (Phi) is 3.60. The first-order chi connectivity index (χ1) is 11.0. The van der Waals surface area contributed by atoms with Crippen LogP contribution >= 0.6 is 11.3 Å². The third-order valence-electron chi connectivity index (χ3n) is 3.84. The number of benzene rings is 1. The second-order valence-corrected chi connectivity index (χ2v) is 6.62. The molecule has 24 heavy (non-hydrogen) atoms. The van der Waals surface area contributed by atoms with Gasteiger partial charge in [0.1, 0.15) is 0 Å². The Bertz CT molecular complexity index is 818. The Morgan fingerprint density at radius 2 is 1.46 bits per heavy atom. The number of halogens is 7. The number of hydrogen-bond acceptors (Lipinski definition) is 1. The van der Waals surface area contributed by atoms with E-state index in [4.69, 9.17) is 0 Å². The van der Waals surface area contributed by atoms with E-state index in [-0.39, 0.29) is 4.88 Å². The first-order valence-corrected chi connectivity index (χ1v) is 7.54. The number of aryl methyl sites for hydroxylation is 1. The summed E-state index contributed by atoms with van der Waals surface area (Å²) in [5.74, 6) is -19.5. The number of rotatable bonds is 2. The lowest BCUT2D eigenvalue weighted by atomic mass is 10.0. The second kappa shape index (κ2) is 5.08. The van der Waals surface area contributed by atoms with E-state index >= 15 is 0 Å². The van der Waals surface area contributed by atoms with Gasteiger partial charge in [-0.3, -0.25) is 0 Å². The molecule has 0 amide bonds. The van der Waals surface area contributed by atoms with E-state index in [1.54, 1.807) is 30.3 Å². The van der Waals surface area contributed by atoms with Gasteiger partial charge < -0.3 is 0 Å². The fourth-order valence-corrected chi connectivity index (χ4v) is 3.58. The van der Waals surface area contributed by atoms with E-state index < -0.39 is 34.7 Å². The monoisotopic (exact) mass is 366 g/mol. The number of alkyl halides is 6. The van der Waals surface area contributed by atoms with Gasteiger partial charge in [0.25, 0.3) is 0 Å². The summed E-state index contributed by atoms with van der Waals surface area (Å²) in [5, 5.41) is 0. The molecule has 0 N–H and O–H groups in total. The molecule has 0 saturated heterocycles. The molecule has 0 fully saturated rings. The smallest absolute Gasteiger partial charge is 0.204 e. The maximum absolute atomic E-state index is 13.9. The van der Waals surface area contributed by atoms with Crippen LogP contribution in [0.15, 0.2) is 42.2 Å². The topological polar surface area (TPSA) is 0 Å². The Morgan fingerprint density at radius 3 is 1.96 bits per heavy atom. The minimum atomic E-state index is -5.82. The Hall–Kier alpha value is -1.83. The minimum Gasteiger partial charge on any atom is -0.204 e. The molecule has 0 radical (unpaired) electrons. The quantitative estimate of drug-likeness (QED) is 0.545. The zero-order valence-electron chi connectivity index (χ0n) is 12.0. The van der Waals surface area contributed by atoms with Gasteiger partial charge in [0.15, 0.2) is 5.83 Å². The Balaban J connectivity index is 2.20. The summed E-state index contributed by atoms with van der Waals surface area (Å²) >= 11 is 0.933. The zero-order valence-corrected chi connectivity index (χ0v) is 12.8. The number of hydrogen-bond donors (Lipinski definition) is 0. The molecule has 0 bridgehead atoms. The molecule has 2 aromatic rings. The number of allylic oxidation sites excluding steroid dienone is 2. The van der Waals surface area contributed by atoms with Crippen LogP contribution in [0, 0.1) is 6.92 Å². The van der Waals surface area contributed by atoms with Crippen LogP contribution in [0.1, 0.15) is 10.4 Å². The van der Waals surface area contributed by atoms with Crippen molar-refractivity contribution in [2.75, 3.05) is 0 Å². The summed E-state index contributed by atoms with van der Waals surface area (Å²) in [4.78, 5) is 0.435. The first kappa shape index (κ1) is 17.0. The average Bonchev–Trinajstić information content (AvgIpc) is 2.92. The van der Waals surface area contributed by atoms with Gasteiger partial charge in [-0.25, -0.2) is 4.39 Å². The van der Waals surface area contributed by atoms with Gasteiger partial charge in [0, 0.05) is 15.3 Å². The second-order valence-electron chi connectivity index (χ2n) is 5.36. The predicted molar refractivity (Wildman–Crippen MR) is 77.4 cm³/mol. The van der Waals surface area contributed by atoms with Gasteiger partial charge in [-0.05, 0) is 18.6 Å². The van der Waals surface area contributed by atoms with Crippen molar-refractivity contribution < 1.29 is 30.7 Å². The molecular weight excluding hydrogens is 357 g/mol. The van der Waals surface area contributed by atoms with Crippen LogP contribution in [0.2, 0.25) is 0 Å². The average molecular weight is 366 g/mol. The molecular formula is C16H9F7S. The van der Waals surface area contributed by atoms with Crippen LogP contribution < -0.4 is 0 Å². The SMILES string of the molecule is Cc1sc(-c2ccccc2)cc1C1=C(F)C(F)(F)C(F)(F)C1(F)F. The van der Waals surface area contributed by atoms with Crippen LogP contribution in [0.25, 0.3) is 16.0 Å². The van der Waals surface area contributed by atoms with E-state index in [1.807, 2.05) is 0 Å². The summed E-state index contributed by atoms with van der Waals surface area (Å²) in [6.07, 6.45) is 0. The van der Waals surface area contributed by atoms with Gasteiger partial charge in [-0.1, -0.05) is 30.3 Å². The fourth-order valence-electron chi connectivity index (χ4n) is 2.55. The lowest BCUT2D eigenvalue weighted by Gasteiger charge is -2.24. The van der Waals surface area contributed by atoms with Crippen molar-refractivity contribution in [1.29, 1.82) is 0 Å². The molecule has 1 aromatic heterocycles. The highest BCUT2D eigenvalue weighted by Crippen LogP contribution is 2.63. The highest BCUT2D eigenvalue weighted by atomic mass is 32.1. The molecule has 1 aromatic carbocycles. The maximum Gasteiger partial charge on any atom is 0.383 e. The molecule has 0 aliphatic heterocycles. The van der Waals surface area contributed by atoms with Gasteiger partial charge in [-0.15, -0.1) is 11.3 Å². The van der Waals surface area contributed by atoms with E-state index in [2.05, 4.69) is 0 Å². The van der Waals surface area contributed by atoms with Gasteiger partial charge >= 0.3 is 17.8 Å². The molecule has 1 aliphatic carbocycles. The van der Waals surface area contributed by atoms with Crippen LogP contribution in [-0.2, 0) is 0 Å². The van der Waals surface area contributed by atoms with E-state index in [1.165, 1.54) is 6.92 Å². The largest absolute Gasteiger partial charge is 0.383 e. The normalized spacial score (nSPS) is 21.3. The van der Waals surface area contributed by atoms with Crippen LogP contribution in [0.4, 0.5) is 30.7 Å². The van der Waals surface area contributed by atoms with Gasteiger partial charge in [0.2, 0.25) is 0 Å². The van der Waals surface area contributed by atoms with E-state index in [9.17, 15) is 30.7 Å². The van der Waals surface area contributed by atoms with Crippen molar-refractivity contribution in [3.63, 3.8) is 0 Å². The molecule has 0 unspecified atom stereocenters. The fraction of sp³-hybridized carbons (Fsp3) is 0.250. The molecule has 128 valence electrons. The summed E-state index contributed by atoms with van der Waals surface area (Å²) in [6.45, 7) is 1.29. The third-order valence-corrected chi connectivity index (χ3v) is 4.94. The van der Waals surface area contributed by atoms with E-state index in [0.29, 0.717) is 10.4 Å². The molecule has 0 spiro atoms. The number of thiophene rings is 1. The Morgan fingerprint density at radius 1 is 0.875 bits per heavy atom. The van der Waals surface area contributed by atoms with Crippen molar-refractivity contribution in [2.24, 2.45) is 0 Å². The molecule has 0 saturated carbocycles. The highest BCUT2D eigenvalue weighted by Gasteiger charge is 2.81. The zero-order chi connectivity index (χ0) is 17.9. The molecule has 8 heteroatoms. The molecule has 3 rings (SSSR count). The summed E-state index contributed by atoms with van der Waals surface area (Å²) < 4.78 is 95.0. The Labute approximate surface area is 136 Å². The molecule has 0 atom stereocenters. The third kappa shape index (κ3) is 2.05. The van der Waals surface area contributed by atoms with Crippen molar-refractivity contribution in [1.82, 2.24) is 0 Å². The van der Waals surface area contributed by atoms with Gasteiger partial charge in [-0.2, -0.15) is 26.3 Å². The van der Waals surface area contributed by atoms with Crippen LogP contribution in [0.3, 0.4) is 0 Å². The molecule has 1 aliphatic rings. The lowest BCUT2D eigenvalue weighted by Crippen LogP contribution is -2.48. The van der Waals surface area contributed by atoms with Gasteiger partial charge in [0.05, 0.1) is 5.57 Å². The van der Waals surface area contributed by atoms with Crippen molar-refractivity contribution in [3.05, 3.63) is 52.7 Å². The highest BCUT2D eigenvalue weighted by molar-refractivity contribution is 7.15. The maximum atomic E-state index is 13.9. The van der Waals surface area contributed by atoms with Crippen molar-refractivity contribution >= 4 is 16.9 Å². The summed E-state index contributed by atoms with van der Waals surface area (Å²) in [7, 11) is 0. The molecule has 1 heterocycles. The first-order valence-electron chi connectivity index (χ1n) is 6.72. The summed E-state index contributed by atoms with van der Waals surface area (Å²) in [5.41, 5.74) is -1.98. The van der Waals surface area contributed by atoms with E-state index in [0.717, 1.165) is 17.4 Å². The predicted octanol–water partition coefficient (Wildman–Crippen LogP) is 6.32. The van der Waals surface area contributed by atoms with Crippen LogP contribution in [-0.4, -0.2) is 17.8 Å². The van der Waals surface area contributed by atoms with Crippen molar-refractivity contribution in [3.8, 4) is 10.4 Å². The van der Waals surface area contributed by atoms with Crippen LogP contribution in [0.5, 0.6) is 0 Å². The summed E-state index contributed by atoms with van der Waals surface area (Å²) in [6, 6.07) is 9.34. The minimum absolute atomic E-state index is 0.0483. The standard InChI is InChI=1S/C16H9F7S/c1-8-10(7-11(24-8)9-5-3-2-4-6-9)12-13(17)15(20,21)16(22,23)14(12,18)19/h2-7H,1H3. The lowest BCUT2D eigenvalue weighted by molar-refractivity contribution is -0.263.